The Morgan fingerprint density at radius 2 is 1.40 bits per heavy atom. The Hall–Kier alpha value is -4.44. The SMILES string of the molecule is C=C1C(C(=Cc2cc(-c3ccccc3)sc2C)CCCC)=CN(CCC(C)CCC(c2ccccc2)(c2ccccc2)c2ccc(C)cc2)C1C.CN. The van der Waals surface area contributed by atoms with Gasteiger partial charge in [-0.15, -0.1) is 11.3 Å². The van der Waals surface area contributed by atoms with Crippen molar-refractivity contribution >= 4 is 17.4 Å². The normalized spacial score (nSPS) is 15.2. The van der Waals surface area contributed by atoms with E-state index >= 15 is 0 Å². The van der Waals surface area contributed by atoms with E-state index in [1.54, 1.807) is 0 Å². The van der Waals surface area contributed by atoms with Crippen molar-refractivity contribution in [2.24, 2.45) is 11.7 Å². The summed E-state index contributed by atoms with van der Waals surface area (Å²) in [7, 11) is 1.50. The molecule has 2 nitrogen and oxygen atoms in total. The lowest BCUT2D eigenvalue weighted by molar-refractivity contribution is 0.302. The minimum atomic E-state index is -0.202. The highest BCUT2D eigenvalue weighted by Gasteiger charge is 2.36. The lowest BCUT2D eigenvalue weighted by atomic mass is 9.66. The van der Waals surface area contributed by atoms with Crippen LogP contribution in [0.2, 0.25) is 0 Å². The molecule has 0 saturated heterocycles. The molecular weight excluding hydrogens is 661 g/mol. The fourth-order valence-corrected chi connectivity index (χ4v) is 8.76. The zero-order chi connectivity index (χ0) is 37.8. The van der Waals surface area contributed by atoms with Gasteiger partial charge < -0.3 is 10.6 Å². The Labute approximate surface area is 324 Å². The van der Waals surface area contributed by atoms with Crippen LogP contribution in [0.4, 0.5) is 0 Å². The van der Waals surface area contributed by atoms with Gasteiger partial charge in [-0.1, -0.05) is 148 Å². The summed E-state index contributed by atoms with van der Waals surface area (Å²) < 4.78 is 0. The summed E-state index contributed by atoms with van der Waals surface area (Å²) in [5.41, 5.74) is 16.4. The summed E-state index contributed by atoms with van der Waals surface area (Å²) in [5.74, 6) is 0.570. The number of benzene rings is 4. The van der Waals surface area contributed by atoms with Crippen LogP contribution in [0, 0.1) is 19.8 Å². The number of hydrogen-bond donors (Lipinski definition) is 1. The van der Waals surface area contributed by atoms with Crippen molar-refractivity contribution in [1.82, 2.24) is 4.90 Å². The highest BCUT2D eigenvalue weighted by Crippen LogP contribution is 2.44. The molecule has 2 heterocycles. The number of nitrogens with zero attached hydrogens (tertiary/aromatic N) is 1. The van der Waals surface area contributed by atoms with Gasteiger partial charge in [-0.05, 0) is 123 Å². The van der Waals surface area contributed by atoms with Gasteiger partial charge in [-0.2, -0.15) is 0 Å². The highest BCUT2D eigenvalue weighted by atomic mass is 32.1. The van der Waals surface area contributed by atoms with Crippen molar-refractivity contribution in [2.75, 3.05) is 13.6 Å². The zero-order valence-electron chi connectivity index (χ0n) is 32.9. The molecule has 0 radical (unpaired) electrons. The van der Waals surface area contributed by atoms with Crippen LogP contribution in [-0.4, -0.2) is 24.5 Å². The first kappa shape index (κ1) is 39.8. The van der Waals surface area contributed by atoms with Crippen molar-refractivity contribution in [1.29, 1.82) is 0 Å². The summed E-state index contributed by atoms with van der Waals surface area (Å²) >= 11 is 1.89. The Bertz CT molecular complexity index is 1890. The molecule has 0 fully saturated rings. The summed E-state index contributed by atoms with van der Waals surface area (Å²) in [5, 5.41) is 0. The van der Waals surface area contributed by atoms with Crippen LogP contribution in [0.15, 0.2) is 151 Å². The van der Waals surface area contributed by atoms with E-state index in [4.69, 9.17) is 0 Å². The third-order valence-electron chi connectivity index (χ3n) is 11.1. The van der Waals surface area contributed by atoms with Crippen molar-refractivity contribution in [3.8, 4) is 10.4 Å². The van der Waals surface area contributed by atoms with Gasteiger partial charge in [-0.3, -0.25) is 0 Å². The molecule has 4 aromatic carbocycles. The second-order valence-electron chi connectivity index (χ2n) is 14.7. The fraction of sp³-hybridized carbons (Fsp3) is 0.320. The van der Waals surface area contributed by atoms with Gasteiger partial charge in [0.05, 0.1) is 6.04 Å². The van der Waals surface area contributed by atoms with Crippen LogP contribution in [-0.2, 0) is 5.41 Å². The number of allylic oxidation sites excluding steroid dienone is 1. The lowest BCUT2D eigenvalue weighted by Crippen LogP contribution is -2.31. The second-order valence-corrected chi connectivity index (χ2v) is 15.9. The van der Waals surface area contributed by atoms with Gasteiger partial charge in [0.25, 0.3) is 0 Å². The molecule has 2 atom stereocenters. The molecule has 6 rings (SSSR count). The first-order valence-corrected chi connectivity index (χ1v) is 20.4. The Morgan fingerprint density at radius 1 is 0.830 bits per heavy atom. The molecule has 0 aliphatic carbocycles. The number of nitrogens with two attached hydrogens (primary N) is 1. The monoisotopic (exact) mass is 720 g/mol. The van der Waals surface area contributed by atoms with Crippen molar-refractivity contribution in [3.63, 3.8) is 0 Å². The smallest absolute Gasteiger partial charge is 0.0509 e. The Balaban J connectivity index is 0.00000266. The molecule has 53 heavy (non-hydrogen) atoms. The molecule has 0 bridgehead atoms. The Morgan fingerprint density at radius 3 is 1.98 bits per heavy atom. The van der Waals surface area contributed by atoms with E-state index in [0.29, 0.717) is 12.0 Å². The topological polar surface area (TPSA) is 29.3 Å². The first-order chi connectivity index (χ1) is 25.8. The van der Waals surface area contributed by atoms with Gasteiger partial charge in [0.2, 0.25) is 0 Å². The fourth-order valence-electron chi connectivity index (χ4n) is 7.75. The van der Waals surface area contributed by atoms with Gasteiger partial charge in [-0.25, -0.2) is 0 Å². The first-order valence-electron chi connectivity index (χ1n) is 19.6. The van der Waals surface area contributed by atoms with Crippen LogP contribution >= 0.6 is 11.3 Å². The molecule has 5 aromatic rings. The average molecular weight is 721 g/mol. The van der Waals surface area contributed by atoms with Gasteiger partial charge >= 0.3 is 0 Å². The van der Waals surface area contributed by atoms with Crippen LogP contribution < -0.4 is 5.73 Å². The summed E-state index contributed by atoms with van der Waals surface area (Å²) in [4.78, 5) is 5.27. The van der Waals surface area contributed by atoms with Crippen LogP contribution in [0.25, 0.3) is 16.5 Å². The van der Waals surface area contributed by atoms with Gasteiger partial charge in [0.1, 0.15) is 0 Å². The maximum atomic E-state index is 4.67. The summed E-state index contributed by atoms with van der Waals surface area (Å²) in [6.45, 7) is 17.2. The van der Waals surface area contributed by atoms with Gasteiger partial charge in [0, 0.05) is 27.9 Å². The predicted octanol–water partition coefficient (Wildman–Crippen LogP) is 13.2. The number of hydrogen-bond acceptors (Lipinski definition) is 3. The number of aryl methyl sites for hydroxylation is 2. The predicted molar refractivity (Wildman–Crippen MR) is 232 cm³/mol. The molecule has 2 N–H and O–H groups in total. The van der Waals surface area contributed by atoms with Gasteiger partial charge in [0.15, 0.2) is 0 Å². The molecular formula is C50H60N2S. The van der Waals surface area contributed by atoms with Crippen LogP contribution in [0.5, 0.6) is 0 Å². The summed E-state index contributed by atoms with van der Waals surface area (Å²) in [6.07, 6.45) is 11.7. The molecule has 1 aliphatic heterocycles. The molecule has 3 heteroatoms. The maximum absolute atomic E-state index is 4.67. The van der Waals surface area contributed by atoms with Crippen molar-refractivity contribution < 1.29 is 0 Å². The third-order valence-corrected chi connectivity index (χ3v) is 12.2. The quantitative estimate of drug-likeness (QED) is 0.109. The molecule has 276 valence electrons. The number of rotatable bonds is 15. The van der Waals surface area contributed by atoms with E-state index in [9.17, 15) is 0 Å². The van der Waals surface area contributed by atoms with E-state index < -0.39 is 0 Å². The van der Waals surface area contributed by atoms with Crippen LogP contribution in [0.3, 0.4) is 0 Å². The number of thiophene rings is 1. The largest absolute Gasteiger partial charge is 0.370 e. The molecule has 2 unspecified atom stereocenters. The van der Waals surface area contributed by atoms with Crippen molar-refractivity contribution in [2.45, 2.75) is 84.6 Å². The standard InChI is InChI=1S/C49H55NS.CH5N/c1-7-8-18-42(33-43-34-48(51-40(43)6)41-19-12-9-13-20-41)47-35-50(39(5)38(47)4)32-30-37(3)29-31-49(44-21-14-10-15-22-44,45-23-16-11-17-24-45)46-27-25-36(2)26-28-46;1-2/h9-17,19-28,33-35,37,39H,4,7-8,18,29-32H2,1-3,5-6H3;2H2,1H3. The minimum Gasteiger partial charge on any atom is -0.370 e. The van der Waals surface area contributed by atoms with Crippen molar-refractivity contribution in [3.05, 3.63) is 184 Å². The molecule has 0 amide bonds. The zero-order valence-corrected chi connectivity index (χ0v) is 33.8. The summed E-state index contributed by atoms with van der Waals surface area (Å²) in [6, 6.07) is 45.1. The van der Waals surface area contributed by atoms with E-state index in [1.165, 1.54) is 79.7 Å². The number of unbranched alkanes of at least 4 members (excludes halogenated alkanes) is 1. The van der Waals surface area contributed by atoms with Crippen LogP contribution in [0.1, 0.15) is 92.0 Å². The third kappa shape index (κ3) is 9.39. The van der Waals surface area contributed by atoms with E-state index in [0.717, 1.165) is 32.2 Å². The minimum absolute atomic E-state index is 0.202. The molecule has 1 aliphatic rings. The van der Waals surface area contributed by atoms with E-state index in [-0.39, 0.29) is 5.41 Å². The van der Waals surface area contributed by atoms with E-state index in [1.807, 2.05) is 11.3 Å². The second kappa shape index (κ2) is 19.1. The average Bonchev–Trinajstić information content (AvgIpc) is 3.72. The van der Waals surface area contributed by atoms with E-state index in [2.05, 4.69) is 185 Å². The molecule has 1 aromatic heterocycles. The molecule has 0 saturated carbocycles. The Kier molecular flexibility index (Phi) is 14.3. The lowest BCUT2D eigenvalue weighted by Gasteiger charge is -2.37. The maximum Gasteiger partial charge on any atom is 0.0509 e. The highest BCUT2D eigenvalue weighted by molar-refractivity contribution is 7.15. The molecule has 0 spiro atoms.